The topological polar surface area (TPSA) is 89.7 Å². The lowest BCUT2D eigenvalue weighted by Gasteiger charge is -2.11. The van der Waals surface area contributed by atoms with E-state index in [1.165, 1.54) is 6.07 Å². The Morgan fingerprint density at radius 2 is 2.18 bits per heavy atom. The molecule has 0 aliphatic carbocycles. The molecule has 0 saturated heterocycles. The molecule has 0 aliphatic heterocycles. The molecule has 1 aromatic carbocycles. The highest BCUT2D eigenvalue weighted by Crippen LogP contribution is 2.19. The number of para-hydroxylation sites is 1. The zero-order valence-electron chi connectivity index (χ0n) is 9.33. The minimum atomic E-state index is -1.06. The number of carboxylic acids is 1. The van der Waals surface area contributed by atoms with Crippen molar-refractivity contribution in [2.45, 2.75) is 26.1 Å². The van der Waals surface area contributed by atoms with Crippen LogP contribution >= 0.6 is 0 Å². The summed E-state index contributed by atoms with van der Waals surface area (Å²) in [4.78, 5) is 20.9. The molecule has 0 saturated carbocycles. The number of benzene rings is 1. The van der Waals surface area contributed by atoms with Gasteiger partial charge < -0.3 is 9.84 Å². The van der Waals surface area contributed by atoms with Crippen molar-refractivity contribution in [3.63, 3.8) is 0 Å². The number of rotatable bonds is 6. The van der Waals surface area contributed by atoms with Gasteiger partial charge >= 0.3 is 5.97 Å². The Kier molecular flexibility index (Phi) is 4.59. The minimum absolute atomic E-state index is 0.0623. The van der Waals surface area contributed by atoms with Gasteiger partial charge in [-0.2, -0.15) is 0 Å². The van der Waals surface area contributed by atoms with Crippen LogP contribution in [0.4, 0.5) is 5.69 Å². The van der Waals surface area contributed by atoms with Gasteiger partial charge in [0.2, 0.25) is 0 Å². The zero-order chi connectivity index (χ0) is 12.8. The molecule has 6 heteroatoms. The van der Waals surface area contributed by atoms with Crippen molar-refractivity contribution in [1.29, 1.82) is 0 Å². The summed E-state index contributed by atoms with van der Waals surface area (Å²) in [7, 11) is 0. The first-order chi connectivity index (χ1) is 8.06. The Bertz CT molecular complexity index is 418. The predicted octanol–water partition coefficient (Wildman–Crippen LogP) is 1.97. The largest absolute Gasteiger partial charge is 0.479 e. The molecule has 1 atom stereocenters. The number of hydrogen-bond donors (Lipinski definition) is 1. The Morgan fingerprint density at radius 1 is 1.53 bits per heavy atom. The number of ether oxygens (including phenoxy) is 1. The Balaban J connectivity index is 2.75. The van der Waals surface area contributed by atoms with Gasteiger partial charge in [0.15, 0.2) is 6.10 Å². The van der Waals surface area contributed by atoms with E-state index in [-0.39, 0.29) is 12.3 Å². The van der Waals surface area contributed by atoms with Crippen LogP contribution in [0.25, 0.3) is 0 Å². The maximum Gasteiger partial charge on any atom is 0.332 e. The van der Waals surface area contributed by atoms with E-state index in [0.717, 1.165) is 0 Å². The zero-order valence-corrected chi connectivity index (χ0v) is 9.33. The van der Waals surface area contributed by atoms with Crippen LogP contribution in [-0.2, 0) is 16.1 Å². The molecule has 0 bridgehead atoms. The van der Waals surface area contributed by atoms with Crippen molar-refractivity contribution >= 4 is 11.7 Å². The summed E-state index contributed by atoms with van der Waals surface area (Å²) >= 11 is 0. The lowest BCUT2D eigenvalue weighted by atomic mass is 10.2. The molecule has 0 aliphatic rings. The van der Waals surface area contributed by atoms with Gasteiger partial charge in [-0.1, -0.05) is 19.1 Å². The van der Waals surface area contributed by atoms with Crippen LogP contribution in [0.2, 0.25) is 0 Å². The van der Waals surface area contributed by atoms with Gasteiger partial charge in [0.25, 0.3) is 5.69 Å². The number of nitro groups is 1. The number of hydrogen-bond acceptors (Lipinski definition) is 4. The van der Waals surface area contributed by atoms with Crippen molar-refractivity contribution in [1.82, 2.24) is 0 Å². The molecular formula is C11H13NO5. The Labute approximate surface area is 98.0 Å². The van der Waals surface area contributed by atoms with Gasteiger partial charge in [-0.15, -0.1) is 0 Å². The Morgan fingerprint density at radius 3 is 2.71 bits per heavy atom. The molecule has 0 radical (unpaired) electrons. The van der Waals surface area contributed by atoms with Crippen LogP contribution in [0.3, 0.4) is 0 Å². The number of aliphatic carboxylic acids is 1. The highest BCUT2D eigenvalue weighted by Gasteiger charge is 2.18. The summed E-state index contributed by atoms with van der Waals surface area (Å²) in [5, 5.41) is 19.5. The molecule has 0 spiro atoms. The van der Waals surface area contributed by atoms with Crippen LogP contribution in [0.15, 0.2) is 24.3 Å². The third kappa shape index (κ3) is 3.53. The van der Waals surface area contributed by atoms with E-state index in [1.54, 1.807) is 25.1 Å². The van der Waals surface area contributed by atoms with Crippen molar-refractivity contribution in [3.8, 4) is 0 Å². The normalized spacial score (nSPS) is 12.1. The second-order valence-corrected chi connectivity index (χ2v) is 3.43. The third-order valence-electron chi connectivity index (χ3n) is 2.27. The second-order valence-electron chi connectivity index (χ2n) is 3.43. The van der Waals surface area contributed by atoms with Crippen LogP contribution in [0.1, 0.15) is 18.9 Å². The SMILES string of the molecule is CCC(OCc1ccccc1[N+](=O)[O-])C(=O)O. The minimum Gasteiger partial charge on any atom is -0.479 e. The van der Waals surface area contributed by atoms with E-state index in [1.807, 2.05) is 0 Å². The molecule has 17 heavy (non-hydrogen) atoms. The van der Waals surface area contributed by atoms with E-state index in [0.29, 0.717) is 12.0 Å². The number of nitrogens with zero attached hydrogens (tertiary/aromatic N) is 1. The molecule has 0 heterocycles. The maximum absolute atomic E-state index is 10.7. The Hall–Kier alpha value is -1.95. The highest BCUT2D eigenvalue weighted by atomic mass is 16.6. The summed E-state index contributed by atoms with van der Waals surface area (Å²) < 4.78 is 5.13. The molecule has 1 rings (SSSR count). The van der Waals surface area contributed by atoms with Crippen molar-refractivity contribution in [3.05, 3.63) is 39.9 Å². The second kappa shape index (κ2) is 5.95. The average molecular weight is 239 g/mol. The van der Waals surface area contributed by atoms with Gasteiger partial charge in [-0.25, -0.2) is 4.79 Å². The fraction of sp³-hybridized carbons (Fsp3) is 0.364. The van der Waals surface area contributed by atoms with E-state index in [4.69, 9.17) is 9.84 Å². The van der Waals surface area contributed by atoms with Crippen LogP contribution in [0, 0.1) is 10.1 Å². The van der Waals surface area contributed by atoms with Gasteiger partial charge in [0.05, 0.1) is 17.1 Å². The molecule has 0 fully saturated rings. The fourth-order valence-electron chi connectivity index (χ4n) is 1.37. The van der Waals surface area contributed by atoms with E-state index in [2.05, 4.69) is 0 Å². The quantitative estimate of drug-likeness (QED) is 0.605. The monoisotopic (exact) mass is 239 g/mol. The summed E-state index contributed by atoms with van der Waals surface area (Å²) in [6.45, 7) is 1.60. The van der Waals surface area contributed by atoms with Gasteiger partial charge in [0.1, 0.15) is 0 Å². The van der Waals surface area contributed by atoms with Crippen LogP contribution in [-0.4, -0.2) is 22.1 Å². The van der Waals surface area contributed by atoms with E-state index < -0.39 is 17.0 Å². The summed E-state index contributed by atoms with van der Waals surface area (Å²) in [6.07, 6.45) is -0.620. The first-order valence-electron chi connectivity index (χ1n) is 5.13. The molecule has 0 aromatic heterocycles. The third-order valence-corrected chi connectivity index (χ3v) is 2.27. The summed E-state index contributed by atoms with van der Waals surface area (Å²) in [5.41, 5.74) is 0.310. The van der Waals surface area contributed by atoms with E-state index >= 15 is 0 Å². The summed E-state index contributed by atoms with van der Waals surface area (Å²) in [6, 6.07) is 6.11. The smallest absolute Gasteiger partial charge is 0.332 e. The number of carbonyl (C=O) groups is 1. The molecule has 1 aromatic rings. The van der Waals surface area contributed by atoms with Crippen LogP contribution < -0.4 is 0 Å². The number of carboxylic acid groups (broad SMARTS) is 1. The molecule has 1 N–H and O–H groups in total. The molecule has 92 valence electrons. The maximum atomic E-state index is 10.7. The first-order valence-corrected chi connectivity index (χ1v) is 5.13. The average Bonchev–Trinajstić information content (AvgIpc) is 2.29. The van der Waals surface area contributed by atoms with Gasteiger partial charge in [0, 0.05) is 6.07 Å². The fourth-order valence-corrected chi connectivity index (χ4v) is 1.37. The van der Waals surface area contributed by atoms with E-state index in [9.17, 15) is 14.9 Å². The van der Waals surface area contributed by atoms with Crippen molar-refractivity contribution < 1.29 is 19.6 Å². The predicted molar refractivity (Wildman–Crippen MR) is 59.6 cm³/mol. The molecular weight excluding hydrogens is 226 g/mol. The van der Waals surface area contributed by atoms with Crippen molar-refractivity contribution in [2.24, 2.45) is 0 Å². The highest BCUT2D eigenvalue weighted by molar-refractivity contribution is 5.72. The van der Waals surface area contributed by atoms with Gasteiger partial charge in [-0.05, 0) is 12.5 Å². The standard InChI is InChI=1S/C11H13NO5/c1-2-10(11(13)14)17-7-8-5-3-4-6-9(8)12(15)16/h3-6,10H,2,7H2,1H3,(H,13,14). The summed E-state index contributed by atoms with van der Waals surface area (Å²) in [5.74, 6) is -1.06. The molecule has 1 unspecified atom stereocenters. The first kappa shape index (κ1) is 13.1. The van der Waals surface area contributed by atoms with Crippen molar-refractivity contribution in [2.75, 3.05) is 0 Å². The number of nitro benzene ring substituents is 1. The lowest BCUT2D eigenvalue weighted by Crippen LogP contribution is -2.22. The van der Waals surface area contributed by atoms with Crippen LogP contribution in [0.5, 0.6) is 0 Å². The molecule has 0 amide bonds. The lowest BCUT2D eigenvalue weighted by molar-refractivity contribution is -0.386. The molecule has 6 nitrogen and oxygen atoms in total. The van der Waals surface area contributed by atoms with Gasteiger partial charge in [-0.3, -0.25) is 10.1 Å².